The van der Waals surface area contributed by atoms with Gasteiger partial charge in [-0.25, -0.2) is 0 Å². The Morgan fingerprint density at radius 2 is 1.78 bits per heavy atom. The van der Waals surface area contributed by atoms with Crippen molar-refractivity contribution in [1.82, 2.24) is 4.90 Å². The summed E-state index contributed by atoms with van der Waals surface area (Å²) in [5, 5.41) is 8.77. The molecule has 0 aliphatic rings. The number of carbonyl (C=O) groups is 1. The van der Waals surface area contributed by atoms with Crippen molar-refractivity contribution in [2.24, 2.45) is 0 Å². The Balaban J connectivity index is 2.78. The first kappa shape index (κ1) is 14.9. The van der Waals surface area contributed by atoms with E-state index in [0.29, 0.717) is 13.0 Å². The van der Waals surface area contributed by atoms with Gasteiger partial charge < -0.3 is 5.11 Å². The first-order chi connectivity index (χ1) is 8.45. The summed E-state index contributed by atoms with van der Waals surface area (Å²) in [6.07, 6.45) is 0.704. The second-order valence-corrected chi connectivity index (χ2v) is 5.01. The lowest BCUT2D eigenvalue weighted by atomic mass is 9.96. The molecule has 0 saturated heterocycles. The molecule has 0 fully saturated rings. The topological polar surface area (TPSA) is 40.5 Å². The minimum atomic E-state index is 0.158. The van der Waals surface area contributed by atoms with Gasteiger partial charge in [-0.3, -0.25) is 9.69 Å². The van der Waals surface area contributed by atoms with E-state index in [4.69, 9.17) is 5.11 Å². The number of aryl methyl sites for hydroxylation is 3. The molecule has 1 N–H and O–H groups in total. The van der Waals surface area contributed by atoms with Crippen molar-refractivity contribution in [3.63, 3.8) is 0 Å². The van der Waals surface area contributed by atoms with Crippen LogP contribution in [-0.4, -0.2) is 42.5 Å². The van der Waals surface area contributed by atoms with E-state index in [1.165, 1.54) is 5.56 Å². The van der Waals surface area contributed by atoms with E-state index in [1.54, 1.807) is 0 Å². The SMILES string of the molecule is Cc1cc(C)c(C(=O)CN(C)CCCO)c(C)c1. The van der Waals surface area contributed by atoms with E-state index in [1.807, 2.05) is 44.9 Å². The minimum Gasteiger partial charge on any atom is -0.396 e. The molecule has 1 rings (SSSR count). The van der Waals surface area contributed by atoms with Crippen LogP contribution in [0.25, 0.3) is 0 Å². The van der Waals surface area contributed by atoms with Gasteiger partial charge in [-0.1, -0.05) is 17.7 Å². The monoisotopic (exact) mass is 249 g/mol. The molecule has 0 atom stereocenters. The van der Waals surface area contributed by atoms with Crippen LogP contribution >= 0.6 is 0 Å². The number of ketones is 1. The highest BCUT2D eigenvalue weighted by molar-refractivity contribution is 6.00. The highest BCUT2D eigenvalue weighted by Gasteiger charge is 2.14. The molecule has 1 aromatic carbocycles. The van der Waals surface area contributed by atoms with E-state index in [2.05, 4.69) is 0 Å². The van der Waals surface area contributed by atoms with Crippen LogP contribution in [0.3, 0.4) is 0 Å². The van der Waals surface area contributed by atoms with E-state index in [0.717, 1.165) is 23.2 Å². The van der Waals surface area contributed by atoms with Crippen LogP contribution in [0.15, 0.2) is 12.1 Å². The quantitative estimate of drug-likeness (QED) is 0.785. The lowest BCUT2D eigenvalue weighted by molar-refractivity contribution is 0.0941. The predicted octanol–water partition coefficient (Wildman–Crippen LogP) is 2.11. The van der Waals surface area contributed by atoms with Gasteiger partial charge in [0.2, 0.25) is 0 Å². The number of benzene rings is 1. The number of rotatable bonds is 6. The summed E-state index contributed by atoms with van der Waals surface area (Å²) in [5.41, 5.74) is 4.13. The summed E-state index contributed by atoms with van der Waals surface area (Å²) in [6.45, 7) is 7.33. The van der Waals surface area contributed by atoms with Gasteiger partial charge in [0, 0.05) is 18.7 Å². The average Bonchev–Trinajstić information content (AvgIpc) is 2.24. The highest BCUT2D eigenvalue weighted by Crippen LogP contribution is 2.17. The van der Waals surface area contributed by atoms with Crippen LogP contribution in [-0.2, 0) is 0 Å². The molecule has 0 spiro atoms. The van der Waals surface area contributed by atoms with Crippen molar-refractivity contribution >= 4 is 5.78 Å². The number of nitrogens with zero attached hydrogens (tertiary/aromatic N) is 1. The second-order valence-electron chi connectivity index (χ2n) is 5.01. The van der Waals surface area contributed by atoms with Crippen molar-refractivity contribution in [2.75, 3.05) is 26.7 Å². The molecule has 100 valence electrons. The van der Waals surface area contributed by atoms with Crippen molar-refractivity contribution in [2.45, 2.75) is 27.2 Å². The lowest BCUT2D eigenvalue weighted by Crippen LogP contribution is -2.28. The zero-order valence-electron chi connectivity index (χ0n) is 11.8. The standard InChI is InChI=1S/C15H23NO2/c1-11-8-12(2)15(13(3)9-11)14(18)10-16(4)6-5-7-17/h8-9,17H,5-7,10H2,1-4H3. The third kappa shape index (κ3) is 3.93. The normalized spacial score (nSPS) is 11.0. The lowest BCUT2D eigenvalue weighted by Gasteiger charge is -2.17. The van der Waals surface area contributed by atoms with Gasteiger partial charge in [-0.2, -0.15) is 0 Å². The zero-order chi connectivity index (χ0) is 13.7. The Morgan fingerprint density at radius 3 is 2.28 bits per heavy atom. The van der Waals surface area contributed by atoms with Gasteiger partial charge in [-0.15, -0.1) is 0 Å². The molecule has 0 heterocycles. The summed E-state index contributed by atoms with van der Waals surface area (Å²) >= 11 is 0. The maximum atomic E-state index is 12.3. The van der Waals surface area contributed by atoms with Gasteiger partial charge in [-0.05, 0) is 45.4 Å². The molecule has 0 aromatic heterocycles. The Bertz CT molecular complexity index is 403. The summed E-state index contributed by atoms with van der Waals surface area (Å²) < 4.78 is 0. The van der Waals surface area contributed by atoms with Crippen LogP contribution in [0.5, 0.6) is 0 Å². The molecule has 0 unspecified atom stereocenters. The fourth-order valence-electron chi connectivity index (χ4n) is 2.36. The number of Topliss-reactive ketones (excluding diaryl/α,β-unsaturated/α-hetero) is 1. The summed E-state index contributed by atoms with van der Waals surface area (Å²) in [6, 6.07) is 4.10. The molecule has 0 amide bonds. The maximum Gasteiger partial charge on any atom is 0.177 e. The van der Waals surface area contributed by atoms with Crippen LogP contribution < -0.4 is 0 Å². The number of hydrogen-bond donors (Lipinski definition) is 1. The smallest absolute Gasteiger partial charge is 0.177 e. The summed E-state index contributed by atoms with van der Waals surface area (Å²) in [7, 11) is 1.91. The molecule has 0 aliphatic carbocycles. The van der Waals surface area contributed by atoms with E-state index in [-0.39, 0.29) is 12.4 Å². The Morgan fingerprint density at radius 1 is 1.22 bits per heavy atom. The van der Waals surface area contributed by atoms with Gasteiger partial charge in [0.1, 0.15) is 0 Å². The third-order valence-corrected chi connectivity index (χ3v) is 3.07. The highest BCUT2D eigenvalue weighted by atomic mass is 16.3. The first-order valence-electron chi connectivity index (χ1n) is 6.36. The van der Waals surface area contributed by atoms with Crippen LogP contribution in [0.2, 0.25) is 0 Å². The molecule has 0 radical (unpaired) electrons. The second kappa shape index (κ2) is 6.66. The molecular weight excluding hydrogens is 226 g/mol. The van der Waals surface area contributed by atoms with Crippen molar-refractivity contribution in [3.8, 4) is 0 Å². The van der Waals surface area contributed by atoms with E-state index in [9.17, 15) is 4.79 Å². The third-order valence-electron chi connectivity index (χ3n) is 3.07. The van der Waals surface area contributed by atoms with Crippen LogP contribution in [0.4, 0.5) is 0 Å². The Hall–Kier alpha value is -1.19. The Labute approximate surface area is 109 Å². The molecule has 1 aromatic rings. The molecule has 0 bridgehead atoms. The fourth-order valence-corrected chi connectivity index (χ4v) is 2.36. The zero-order valence-corrected chi connectivity index (χ0v) is 11.8. The van der Waals surface area contributed by atoms with E-state index < -0.39 is 0 Å². The number of aliphatic hydroxyl groups is 1. The predicted molar refractivity (Wildman–Crippen MR) is 74.2 cm³/mol. The molecule has 3 heteroatoms. The average molecular weight is 249 g/mol. The summed E-state index contributed by atoms with van der Waals surface area (Å²) in [4.78, 5) is 14.2. The van der Waals surface area contributed by atoms with Crippen LogP contribution in [0, 0.1) is 20.8 Å². The Kier molecular flexibility index (Phi) is 5.51. The maximum absolute atomic E-state index is 12.3. The number of likely N-dealkylation sites (N-methyl/N-ethyl adjacent to an activating group) is 1. The molecule has 3 nitrogen and oxygen atoms in total. The number of hydrogen-bond acceptors (Lipinski definition) is 3. The van der Waals surface area contributed by atoms with E-state index >= 15 is 0 Å². The van der Waals surface area contributed by atoms with Crippen molar-refractivity contribution in [1.29, 1.82) is 0 Å². The number of carbonyl (C=O) groups excluding carboxylic acids is 1. The van der Waals surface area contributed by atoms with Gasteiger partial charge in [0.15, 0.2) is 5.78 Å². The molecule has 0 saturated carbocycles. The van der Waals surface area contributed by atoms with Gasteiger partial charge in [0.25, 0.3) is 0 Å². The van der Waals surface area contributed by atoms with Gasteiger partial charge in [0.05, 0.1) is 6.54 Å². The first-order valence-corrected chi connectivity index (χ1v) is 6.36. The largest absolute Gasteiger partial charge is 0.396 e. The molecular formula is C15H23NO2. The summed E-state index contributed by atoms with van der Waals surface area (Å²) in [5.74, 6) is 0.158. The fraction of sp³-hybridized carbons (Fsp3) is 0.533. The van der Waals surface area contributed by atoms with Crippen LogP contribution in [0.1, 0.15) is 33.5 Å². The molecule has 18 heavy (non-hydrogen) atoms. The molecule has 0 aliphatic heterocycles. The minimum absolute atomic E-state index is 0.158. The number of aliphatic hydroxyl groups excluding tert-OH is 1. The van der Waals surface area contributed by atoms with Crippen molar-refractivity contribution in [3.05, 3.63) is 34.4 Å². The van der Waals surface area contributed by atoms with Crippen molar-refractivity contribution < 1.29 is 9.90 Å². The van der Waals surface area contributed by atoms with Gasteiger partial charge >= 0.3 is 0 Å².